The quantitative estimate of drug-likeness (QED) is 0.762. The number of hydrogen-bond donors (Lipinski definition) is 1. The zero-order valence-electron chi connectivity index (χ0n) is 16.1. The van der Waals surface area contributed by atoms with Crippen LogP contribution in [0.15, 0.2) is 48.5 Å². The van der Waals surface area contributed by atoms with Crippen LogP contribution in [0.3, 0.4) is 0 Å². The molecule has 0 unspecified atom stereocenters. The van der Waals surface area contributed by atoms with Crippen LogP contribution in [0.1, 0.15) is 22.8 Å². The van der Waals surface area contributed by atoms with E-state index < -0.39 is 6.10 Å². The number of piperazine rings is 1. The Morgan fingerprint density at radius 3 is 2.44 bits per heavy atom. The Balaban J connectivity index is 1.41. The van der Waals surface area contributed by atoms with E-state index in [1.54, 1.807) is 31.2 Å². The minimum atomic E-state index is -0.539. The molecule has 0 radical (unpaired) electrons. The number of anilines is 1. The molecular formula is C22H28N2O3. The molecule has 144 valence electrons. The number of aryl methyl sites for hydroxylation is 1. The second-order valence-corrected chi connectivity index (χ2v) is 7.17. The summed E-state index contributed by atoms with van der Waals surface area (Å²) in [6.45, 7) is 8.29. The Morgan fingerprint density at radius 2 is 1.81 bits per heavy atom. The van der Waals surface area contributed by atoms with Gasteiger partial charge in [0.25, 0.3) is 0 Å². The number of aliphatic hydroxyl groups excluding tert-OH is 1. The SMILES string of the molecule is CC(=O)c1ccc(OC[C@H](O)CN2CCN(c3cccc(C)c3)CC2)cc1. The molecular weight excluding hydrogens is 340 g/mol. The lowest BCUT2D eigenvalue weighted by atomic mass is 10.1. The van der Waals surface area contributed by atoms with Gasteiger partial charge in [-0.15, -0.1) is 0 Å². The molecule has 5 heteroatoms. The number of rotatable bonds is 7. The smallest absolute Gasteiger partial charge is 0.159 e. The van der Waals surface area contributed by atoms with Gasteiger partial charge in [-0.3, -0.25) is 9.69 Å². The highest BCUT2D eigenvalue weighted by Gasteiger charge is 2.19. The maximum Gasteiger partial charge on any atom is 0.159 e. The predicted octanol–water partition coefficient (Wildman–Crippen LogP) is 2.76. The Morgan fingerprint density at radius 1 is 1.11 bits per heavy atom. The second-order valence-electron chi connectivity index (χ2n) is 7.17. The molecule has 1 heterocycles. The van der Waals surface area contributed by atoms with Crippen molar-refractivity contribution in [1.29, 1.82) is 0 Å². The molecule has 1 fully saturated rings. The average Bonchev–Trinajstić information content (AvgIpc) is 2.67. The zero-order valence-corrected chi connectivity index (χ0v) is 16.1. The lowest BCUT2D eigenvalue weighted by Gasteiger charge is -2.37. The Kier molecular flexibility index (Phi) is 6.48. The molecule has 1 saturated heterocycles. The van der Waals surface area contributed by atoms with E-state index in [1.807, 2.05) is 0 Å². The number of β-amino-alcohol motifs (C(OH)–C–C–N with tert-alkyl or cyclic N) is 1. The first-order chi connectivity index (χ1) is 13.0. The van der Waals surface area contributed by atoms with E-state index in [1.165, 1.54) is 11.3 Å². The third-order valence-corrected chi connectivity index (χ3v) is 4.91. The summed E-state index contributed by atoms with van der Waals surface area (Å²) >= 11 is 0. The molecule has 1 aliphatic rings. The number of hydrogen-bond acceptors (Lipinski definition) is 5. The molecule has 0 amide bonds. The van der Waals surface area contributed by atoms with Gasteiger partial charge in [0.15, 0.2) is 5.78 Å². The van der Waals surface area contributed by atoms with Gasteiger partial charge in [-0.25, -0.2) is 0 Å². The summed E-state index contributed by atoms with van der Waals surface area (Å²) in [6.07, 6.45) is -0.539. The lowest BCUT2D eigenvalue weighted by Crippen LogP contribution is -2.49. The van der Waals surface area contributed by atoms with Gasteiger partial charge < -0.3 is 14.7 Å². The van der Waals surface area contributed by atoms with Gasteiger partial charge in [0.1, 0.15) is 18.5 Å². The number of ether oxygens (including phenoxy) is 1. The van der Waals surface area contributed by atoms with Crippen LogP contribution >= 0.6 is 0 Å². The van der Waals surface area contributed by atoms with Crippen LogP contribution in [0.25, 0.3) is 0 Å². The third-order valence-electron chi connectivity index (χ3n) is 4.91. The summed E-state index contributed by atoms with van der Waals surface area (Å²) in [6, 6.07) is 15.6. The molecule has 1 aliphatic heterocycles. The Hall–Kier alpha value is -2.37. The summed E-state index contributed by atoms with van der Waals surface area (Å²) in [5, 5.41) is 10.3. The summed E-state index contributed by atoms with van der Waals surface area (Å²) in [4.78, 5) is 16.0. The van der Waals surface area contributed by atoms with Crippen LogP contribution < -0.4 is 9.64 Å². The van der Waals surface area contributed by atoms with Crippen LogP contribution in [0.5, 0.6) is 5.75 Å². The van der Waals surface area contributed by atoms with E-state index in [0.29, 0.717) is 17.9 Å². The molecule has 1 N–H and O–H groups in total. The maximum absolute atomic E-state index is 11.3. The highest BCUT2D eigenvalue weighted by molar-refractivity contribution is 5.94. The van der Waals surface area contributed by atoms with E-state index in [0.717, 1.165) is 26.2 Å². The largest absolute Gasteiger partial charge is 0.491 e. The molecule has 1 atom stereocenters. The van der Waals surface area contributed by atoms with E-state index >= 15 is 0 Å². The normalized spacial score (nSPS) is 16.2. The fourth-order valence-electron chi connectivity index (χ4n) is 3.34. The first kappa shape index (κ1) is 19.4. The van der Waals surface area contributed by atoms with E-state index in [4.69, 9.17) is 4.74 Å². The molecule has 2 aromatic rings. The molecule has 0 saturated carbocycles. The summed E-state index contributed by atoms with van der Waals surface area (Å²) in [5.41, 5.74) is 3.21. The molecule has 0 aromatic heterocycles. The fourth-order valence-corrected chi connectivity index (χ4v) is 3.34. The van der Waals surface area contributed by atoms with Gasteiger partial charge in [-0.2, -0.15) is 0 Å². The van der Waals surface area contributed by atoms with Crippen molar-refractivity contribution < 1.29 is 14.6 Å². The number of carbonyl (C=O) groups is 1. The maximum atomic E-state index is 11.3. The molecule has 3 rings (SSSR count). The van der Waals surface area contributed by atoms with Gasteiger partial charge in [0.05, 0.1) is 0 Å². The van der Waals surface area contributed by atoms with Crippen molar-refractivity contribution in [2.45, 2.75) is 20.0 Å². The molecule has 0 spiro atoms. The Labute approximate surface area is 161 Å². The summed E-state index contributed by atoms with van der Waals surface area (Å²) in [5.74, 6) is 0.703. The number of aliphatic hydroxyl groups is 1. The Bertz CT molecular complexity index is 752. The molecule has 27 heavy (non-hydrogen) atoms. The van der Waals surface area contributed by atoms with Gasteiger partial charge >= 0.3 is 0 Å². The van der Waals surface area contributed by atoms with Crippen LogP contribution in [0.4, 0.5) is 5.69 Å². The van der Waals surface area contributed by atoms with Crippen molar-refractivity contribution in [3.63, 3.8) is 0 Å². The van der Waals surface area contributed by atoms with Crippen molar-refractivity contribution in [3.8, 4) is 5.75 Å². The number of ketones is 1. The van der Waals surface area contributed by atoms with Crippen molar-refractivity contribution >= 4 is 11.5 Å². The standard InChI is InChI=1S/C22H28N2O3/c1-17-4-3-5-20(14-17)24-12-10-23(11-13-24)15-21(26)16-27-22-8-6-19(7-9-22)18(2)25/h3-9,14,21,26H,10-13,15-16H2,1-2H3/t21-/m1/s1. The highest BCUT2D eigenvalue weighted by Crippen LogP contribution is 2.18. The minimum absolute atomic E-state index is 0.0337. The lowest BCUT2D eigenvalue weighted by molar-refractivity contribution is 0.0663. The number of benzene rings is 2. The molecule has 0 bridgehead atoms. The first-order valence-electron chi connectivity index (χ1n) is 9.47. The number of Topliss-reactive ketones (excluding diaryl/α,β-unsaturated/α-hetero) is 1. The zero-order chi connectivity index (χ0) is 19.2. The topological polar surface area (TPSA) is 53.0 Å². The van der Waals surface area contributed by atoms with E-state index in [-0.39, 0.29) is 12.4 Å². The van der Waals surface area contributed by atoms with E-state index in [2.05, 4.69) is 41.0 Å². The summed E-state index contributed by atoms with van der Waals surface area (Å²) < 4.78 is 5.65. The van der Waals surface area contributed by atoms with Gasteiger partial charge in [-0.1, -0.05) is 12.1 Å². The number of carbonyl (C=O) groups excluding carboxylic acids is 1. The average molecular weight is 368 g/mol. The fraction of sp³-hybridized carbons (Fsp3) is 0.409. The van der Waals surface area contributed by atoms with Crippen molar-refractivity contribution in [1.82, 2.24) is 4.90 Å². The van der Waals surface area contributed by atoms with Gasteiger partial charge in [0.2, 0.25) is 0 Å². The predicted molar refractivity (Wildman–Crippen MR) is 108 cm³/mol. The molecule has 0 aliphatic carbocycles. The second kappa shape index (κ2) is 9.02. The summed E-state index contributed by atoms with van der Waals surface area (Å²) in [7, 11) is 0. The monoisotopic (exact) mass is 368 g/mol. The van der Waals surface area contributed by atoms with Crippen LogP contribution in [-0.2, 0) is 0 Å². The van der Waals surface area contributed by atoms with Crippen molar-refractivity contribution in [2.75, 3.05) is 44.2 Å². The van der Waals surface area contributed by atoms with Crippen molar-refractivity contribution in [2.24, 2.45) is 0 Å². The molecule has 2 aromatic carbocycles. The first-order valence-corrected chi connectivity index (χ1v) is 9.47. The van der Waals surface area contributed by atoms with Crippen molar-refractivity contribution in [3.05, 3.63) is 59.7 Å². The minimum Gasteiger partial charge on any atom is -0.491 e. The van der Waals surface area contributed by atoms with Gasteiger partial charge in [0, 0.05) is 44.0 Å². The number of nitrogens with zero attached hydrogens (tertiary/aromatic N) is 2. The van der Waals surface area contributed by atoms with Crippen LogP contribution in [0, 0.1) is 6.92 Å². The molecule has 5 nitrogen and oxygen atoms in total. The van der Waals surface area contributed by atoms with Crippen LogP contribution in [-0.4, -0.2) is 61.2 Å². The van der Waals surface area contributed by atoms with Crippen LogP contribution in [0.2, 0.25) is 0 Å². The third kappa shape index (κ3) is 5.55. The highest BCUT2D eigenvalue weighted by atomic mass is 16.5. The van der Waals surface area contributed by atoms with Gasteiger partial charge in [-0.05, 0) is 55.8 Å². The van der Waals surface area contributed by atoms with E-state index in [9.17, 15) is 9.90 Å².